The molecule has 0 bridgehead atoms. The summed E-state index contributed by atoms with van der Waals surface area (Å²) in [6.07, 6.45) is -2.02. The molecule has 0 saturated carbocycles. The summed E-state index contributed by atoms with van der Waals surface area (Å²) in [6.45, 7) is 2.16. The Morgan fingerprint density at radius 3 is 2.61 bits per heavy atom. The zero-order chi connectivity index (χ0) is 19.7. The fourth-order valence-corrected chi connectivity index (χ4v) is 3.58. The molecule has 0 aliphatic rings. The van der Waals surface area contributed by atoms with Gasteiger partial charge in [-0.05, 0) is 24.6 Å². The van der Waals surface area contributed by atoms with Crippen LogP contribution in [0.5, 0.6) is 5.88 Å². The first kappa shape index (κ1) is 18.4. The van der Waals surface area contributed by atoms with Crippen LogP contribution >= 0.6 is 11.3 Å². The first-order valence-corrected chi connectivity index (χ1v) is 9.25. The molecule has 0 aliphatic carbocycles. The zero-order valence-electron chi connectivity index (χ0n) is 14.7. The van der Waals surface area contributed by atoms with Gasteiger partial charge in [-0.15, -0.1) is 11.3 Å². The standard InChI is InChI=1S/C19H14F3N3O2S/c1-2-14-8-15-17(23-10-24-18(15)28-14)26-9-13-7-16(25-27-13)11-3-5-12(6-4-11)19(20,21)22/h3-8,10H,2,9H2,1H3. The number of nitrogens with zero attached hydrogens (tertiary/aromatic N) is 3. The molecule has 0 atom stereocenters. The maximum absolute atomic E-state index is 12.7. The van der Waals surface area contributed by atoms with Gasteiger partial charge < -0.3 is 9.26 Å². The van der Waals surface area contributed by atoms with Crippen molar-refractivity contribution in [3.8, 4) is 17.1 Å². The molecular formula is C19H14F3N3O2S. The second-order valence-corrected chi connectivity index (χ2v) is 7.12. The van der Waals surface area contributed by atoms with Crippen LogP contribution in [0.3, 0.4) is 0 Å². The van der Waals surface area contributed by atoms with Crippen molar-refractivity contribution in [2.45, 2.75) is 26.1 Å². The lowest BCUT2D eigenvalue weighted by Crippen LogP contribution is -2.03. The Morgan fingerprint density at radius 1 is 1.11 bits per heavy atom. The average Bonchev–Trinajstić information content (AvgIpc) is 3.32. The summed E-state index contributed by atoms with van der Waals surface area (Å²) in [4.78, 5) is 10.5. The van der Waals surface area contributed by atoms with E-state index in [0.717, 1.165) is 28.8 Å². The number of hydrogen-bond donors (Lipinski definition) is 0. The van der Waals surface area contributed by atoms with Crippen molar-refractivity contribution in [1.82, 2.24) is 15.1 Å². The Kier molecular flexibility index (Phi) is 4.76. The minimum absolute atomic E-state index is 0.0943. The van der Waals surface area contributed by atoms with Gasteiger partial charge in [0.15, 0.2) is 12.4 Å². The zero-order valence-corrected chi connectivity index (χ0v) is 15.5. The second kappa shape index (κ2) is 7.23. The fraction of sp³-hybridized carbons (Fsp3) is 0.211. The molecule has 0 spiro atoms. The van der Waals surface area contributed by atoms with Crippen LogP contribution in [0.4, 0.5) is 13.2 Å². The maximum atomic E-state index is 12.7. The second-order valence-electron chi connectivity index (χ2n) is 6.01. The number of rotatable bonds is 5. The van der Waals surface area contributed by atoms with Crippen LogP contribution in [-0.4, -0.2) is 15.1 Å². The monoisotopic (exact) mass is 405 g/mol. The van der Waals surface area contributed by atoms with Gasteiger partial charge in [0.2, 0.25) is 5.88 Å². The molecular weight excluding hydrogens is 391 g/mol. The molecule has 1 aromatic carbocycles. The van der Waals surface area contributed by atoms with E-state index in [9.17, 15) is 13.2 Å². The van der Waals surface area contributed by atoms with E-state index in [2.05, 4.69) is 22.0 Å². The Bertz CT molecular complexity index is 1100. The summed E-state index contributed by atoms with van der Waals surface area (Å²) < 4.78 is 49.0. The number of fused-ring (bicyclic) bond motifs is 1. The lowest BCUT2D eigenvalue weighted by atomic mass is 10.1. The van der Waals surface area contributed by atoms with Crippen LogP contribution in [0.2, 0.25) is 0 Å². The van der Waals surface area contributed by atoms with Gasteiger partial charge in [0.25, 0.3) is 0 Å². The Morgan fingerprint density at radius 2 is 1.89 bits per heavy atom. The van der Waals surface area contributed by atoms with Gasteiger partial charge in [-0.1, -0.05) is 24.2 Å². The smallest absolute Gasteiger partial charge is 0.416 e. The molecule has 4 aromatic rings. The number of alkyl halides is 3. The van der Waals surface area contributed by atoms with Gasteiger partial charge in [0, 0.05) is 16.5 Å². The van der Waals surface area contributed by atoms with Crippen molar-refractivity contribution < 1.29 is 22.4 Å². The molecule has 0 radical (unpaired) electrons. The lowest BCUT2D eigenvalue weighted by Gasteiger charge is -2.06. The molecule has 28 heavy (non-hydrogen) atoms. The van der Waals surface area contributed by atoms with E-state index in [-0.39, 0.29) is 6.61 Å². The predicted octanol–water partition coefficient (Wildman–Crippen LogP) is 5.51. The SMILES string of the molecule is CCc1cc2c(OCc3cc(-c4ccc(C(F)(F)F)cc4)no3)ncnc2s1. The van der Waals surface area contributed by atoms with Gasteiger partial charge in [-0.3, -0.25) is 0 Å². The number of ether oxygens (including phenoxy) is 1. The van der Waals surface area contributed by atoms with Gasteiger partial charge in [-0.25, -0.2) is 9.97 Å². The van der Waals surface area contributed by atoms with Gasteiger partial charge in [0.05, 0.1) is 10.9 Å². The molecule has 0 saturated heterocycles. The Balaban J connectivity index is 1.49. The Labute approximate surface area is 161 Å². The van der Waals surface area contributed by atoms with E-state index in [4.69, 9.17) is 9.26 Å². The third-order valence-corrected chi connectivity index (χ3v) is 5.30. The molecule has 4 rings (SSSR count). The van der Waals surface area contributed by atoms with Crippen LogP contribution in [0.25, 0.3) is 21.5 Å². The quantitative estimate of drug-likeness (QED) is 0.438. The molecule has 0 fully saturated rings. The highest BCUT2D eigenvalue weighted by Crippen LogP contribution is 2.32. The highest BCUT2D eigenvalue weighted by molar-refractivity contribution is 7.18. The van der Waals surface area contributed by atoms with Crippen molar-refractivity contribution in [3.63, 3.8) is 0 Å². The minimum Gasteiger partial charge on any atom is -0.469 e. The Hall–Kier alpha value is -2.94. The molecule has 3 heterocycles. The van der Waals surface area contributed by atoms with E-state index in [1.807, 2.05) is 6.07 Å². The molecule has 0 aliphatic heterocycles. The van der Waals surface area contributed by atoms with Crippen LogP contribution in [0, 0.1) is 0 Å². The van der Waals surface area contributed by atoms with E-state index in [0.29, 0.717) is 22.9 Å². The highest BCUT2D eigenvalue weighted by Gasteiger charge is 2.30. The molecule has 5 nitrogen and oxygen atoms in total. The fourth-order valence-electron chi connectivity index (χ4n) is 2.66. The first-order chi connectivity index (χ1) is 13.4. The predicted molar refractivity (Wildman–Crippen MR) is 98.1 cm³/mol. The molecule has 0 unspecified atom stereocenters. The lowest BCUT2D eigenvalue weighted by molar-refractivity contribution is -0.137. The summed E-state index contributed by atoms with van der Waals surface area (Å²) in [6, 6.07) is 8.38. The maximum Gasteiger partial charge on any atom is 0.416 e. The van der Waals surface area contributed by atoms with Crippen LogP contribution in [0.15, 0.2) is 47.2 Å². The van der Waals surface area contributed by atoms with Gasteiger partial charge >= 0.3 is 6.18 Å². The van der Waals surface area contributed by atoms with Crippen LogP contribution in [-0.2, 0) is 19.2 Å². The molecule has 144 valence electrons. The first-order valence-electron chi connectivity index (χ1n) is 8.43. The summed E-state index contributed by atoms with van der Waals surface area (Å²) in [5, 5.41) is 4.74. The van der Waals surface area contributed by atoms with Crippen LogP contribution < -0.4 is 4.74 Å². The van der Waals surface area contributed by atoms with Crippen molar-refractivity contribution in [2.75, 3.05) is 0 Å². The summed E-state index contributed by atoms with van der Waals surface area (Å²) in [7, 11) is 0. The van der Waals surface area contributed by atoms with Crippen molar-refractivity contribution in [2.24, 2.45) is 0 Å². The number of hydrogen-bond acceptors (Lipinski definition) is 6. The number of thiophene rings is 1. The third-order valence-electron chi connectivity index (χ3n) is 4.11. The van der Waals surface area contributed by atoms with Crippen molar-refractivity contribution >= 4 is 21.6 Å². The minimum atomic E-state index is -4.37. The van der Waals surface area contributed by atoms with Gasteiger partial charge in [-0.2, -0.15) is 13.2 Å². The van der Waals surface area contributed by atoms with E-state index >= 15 is 0 Å². The van der Waals surface area contributed by atoms with Gasteiger partial charge in [0.1, 0.15) is 16.9 Å². The molecule has 0 N–H and O–H groups in total. The normalized spacial score (nSPS) is 11.9. The van der Waals surface area contributed by atoms with Crippen molar-refractivity contribution in [1.29, 1.82) is 0 Å². The van der Waals surface area contributed by atoms with Crippen LogP contribution in [0.1, 0.15) is 23.1 Å². The molecule has 3 aromatic heterocycles. The number of aromatic nitrogens is 3. The summed E-state index contributed by atoms with van der Waals surface area (Å²) >= 11 is 1.59. The van der Waals surface area contributed by atoms with E-state index < -0.39 is 11.7 Å². The summed E-state index contributed by atoms with van der Waals surface area (Å²) in [5.41, 5.74) is 0.250. The third kappa shape index (κ3) is 3.70. The topological polar surface area (TPSA) is 61.0 Å². The number of halogens is 3. The van der Waals surface area contributed by atoms with Crippen molar-refractivity contribution in [3.05, 3.63) is 58.9 Å². The summed E-state index contributed by atoms with van der Waals surface area (Å²) in [5.74, 6) is 0.890. The number of benzene rings is 1. The molecule has 0 amide bonds. The average molecular weight is 405 g/mol. The van der Waals surface area contributed by atoms with E-state index in [1.165, 1.54) is 23.3 Å². The van der Waals surface area contributed by atoms with E-state index in [1.54, 1.807) is 17.4 Å². The number of aryl methyl sites for hydroxylation is 1. The highest BCUT2D eigenvalue weighted by atomic mass is 32.1. The molecule has 9 heteroatoms. The largest absolute Gasteiger partial charge is 0.469 e.